The van der Waals surface area contributed by atoms with Crippen LogP contribution in [0.5, 0.6) is 0 Å². The number of carboxylic acids is 1. The minimum absolute atomic E-state index is 0.371. The highest BCUT2D eigenvalue weighted by Gasteiger charge is 2.18. The Morgan fingerprint density at radius 2 is 2.33 bits per heavy atom. The number of carbonyl (C=O) groups is 2. The van der Waals surface area contributed by atoms with Crippen molar-refractivity contribution >= 4 is 23.2 Å². The topological polar surface area (TPSA) is 79.3 Å². The molecule has 1 atom stereocenters. The molecule has 0 saturated heterocycles. The Kier molecular flexibility index (Phi) is 3.79. The quantitative estimate of drug-likeness (QED) is 0.802. The van der Waals surface area contributed by atoms with Gasteiger partial charge >= 0.3 is 5.97 Å². The summed E-state index contributed by atoms with van der Waals surface area (Å²) >= 11 is 1.22. The number of carbonyl (C=O) groups excluding carboxylic acids is 1. The smallest absolute Gasteiger partial charge is 0.325 e. The summed E-state index contributed by atoms with van der Waals surface area (Å²) in [5.41, 5.74) is 2.29. The van der Waals surface area contributed by atoms with Crippen LogP contribution in [0.4, 0.5) is 0 Å². The lowest BCUT2D eigenvalue weighted by atomic mass is 10.2. The Labute approximate surface area is 91.1 Å². The van der Waals surface area contributed by atoms with E-state index in [-0.39, 0.29) is 5.91 Å². The van der Waals surface area contributed by atoms with Crippen LogP contribution >= 0.6 is 11.3 Å². The van der Waals surface area contributed by atoms with Crippen molar-refractivity contribution in [1.29, 1.82) is 0 Å². The van der Waals surface area contributed by atoms with Gasteiger partial charge in [0.1, 0.15) is 10.9 Å². The predicted octanol–water partition coefficient (Wildman–Crippen LogP) is 0.908. The van der Waals surface area contributed by atoms with E-state index in [1.807, 2.05) is 6.92 Å². The van der Waals surface area contributed by atoms with Gasteiger partial charge in [0, 0.05) is 0 Å². The Balaban J connectivity index is 2.73. The highest BCUT2D eigenvalue weighted by atomic mass is 32.1. The lowest BCUT2D eigenvalue weighted by molar-refractivity contribution is -0.138. The van der Waals surface area contributed by atoms with Crippen LogP contribution in [0.2, 0.25) is 0 Å². The molecule has 0 saturated carbocycles. The van der Waals surface area contributed by atoms with E-state index < -0.39 is 12.0 Å². The molecule has 0 fully saturated rings. The first-order chi connectivity index (χ1) is 7.06. The highest BCUT2D eigenvalue weighted by Crippen LogP contribution is 2.13. The van der Waals surface area contributed by atoms with E-state index >= 15 is 0 Å². The van der Waals surface area contributed by atoms with Crippen molar-refractivity contribution in [2.75, 3.05) is 0 Å². The largest absolute Gasteiger partial charge is 0.480 e. The molecule has 15 heavy (non-hydrogen) atoms. The first kappa shape index (κ1) is 11.6. The zero-order valence-electron chi connectivity index (χ0n) is 8.48. The summed E-state index contributed by atoms with van der Waals surface area (Å²) in [4.78, 5) is 26.6. The van der Waals surface area contributed by atoms with Gasteiger partial charge in [0.15, 0.2) is 0 Å². The molecule has 0 radical (unpaired) electrons. The van der Waals surface area contributed by atoms with Gasteiger partial charge in [0.25, 0.3) is 5.91 Å². The monoisotopic (exact) mass is 228 g/mol. The number of aliphatic carboxylic acids is 1. The Bertz CT molecular complexity index is 375. The van der Waals surface area contributed by atoms with Crippen LogP contribution in [0.25, 0.3) is 0 Å². The molecule has 0 aromatic carbocycles. The zero-order valence-corrected chi connectivity index (χ0v) is 9.30. The maximum absolute atomic E-state index is 11.6. The Morgan fingerprint density at radius 1 is 1.67 bits per heavy atom. The lowest BCUT2D eigenvalue weighted by Crippen LogP contribution is -2.38. The third-order valence-corrected chi connectivity index (χ3v) is 2.77. The second kappa shape index (κ2) is 4.88. The number of aromatic nitrogens is 1. The van der Waals surface area contributed by atoms with Crippen LogP contribution in [0.1, 0.15) is 29.2 Å². The van der Waals surface area contributed by atoms with Gasteiger partial charge in [-0.25, -0.2) is 4.98 Å². The molecule has 5 nitrogen and oxygen atoms in total. The molecule has 0 bridgehead atoms. The van der Waals surface area contributed by atoms with E-state index in [2.05, 4.69) is 10.3 Å². The number of hydrogen-bond acceptors (Lipinski definition) is 4. The van der Waals surface area contributed by atoms with Gasteiger partial charge < -0.3 is 10.4 Å². The summed E-state index contributed by atoms with van der Waals surface area (Å²) in [5.74, 6) is -1.42. The number of thiazole rings is 1. The molecule has 1 unspecified atom stereocenters. The first-order valence-electron chi connectivity index (χ1n) is 4.52. The van der Waals surface area contributed by atoms with Crippen molar-refractivity contribution in [3.63, 3.8) is 0 Å². The summed E-state index contributed by atoms with van der Waals surface area (Å²) in [6.45, 7) is 3.32. The second-order valence-corrected chi connectivity index (χ2v) is 3.87. The average Bonchev–Trinajstić information content (AvgIpc) is 2.64. The summed E-state index contributed by atoms with van der Waals surface area (Å²) in [5, 5.41) is 11.0. The molecule has 0 aliphatic heterocycles. The Morgan fingerprint density at radius 3 is 2.87 bits per heavy atom. The van der Waals surface area contributed by atoms with E-state index in [9.17, 15) is 9.59 Å². The molecular weight excluding hydrogens is 216 g/mol. The van der Waals surface area contributed by atoms with Gasteiger partial charge in [0.05, 0.1) is 11.2 Å². The number of carboxylic acid groups (broad SMARTS) is 1. The van der Waals surface area contributed by atoms with Crippen LogP contribution < -0.4 is 5.32 Å². The van der Waals surface area contributed by atoms with Crippen molar-refractivity contribution in [3.8, 4) is 0 Å². The van der Waals surface area contributed by atoms with Crippen LogP contribution in [0, 0.1) is 0 Å². The van der Waals surface area contributed by atoms with Gasteiger partial charge in [-0.15, -0.1) is 11.3 Å². The first-order valence-corrected chi connectivity index (χ1v) is 5.40. The average molecular weight is 228 g/mol. The van der Waals surface area contributed by atoms with Crippen molar-refractivity contribution in [3.05, 3.63) is 16.1 Å². The van der Waals surface area contributed by atoms with Crippen LogP contribution in [0.3, 0.4) is 0 Å². The molecule has 6 heteroatoms. The molecule has 0 aliphatic carbocycles. The second-order valence-electron chi connectivity index (χ2n) is 3.02. The highest BCUT2D eigenvalue weighted by molar-refractivity contribution is 7.11. The lowest BCUT2D eigenvalue weighted by Gasteiger charge is -2.08. The molecule has 1 heterocycles. The van der Waals surface area contributed by atoms with Crippen LogP contribution in [0.15, 0.2) is 5.51 Å². The van der Waals surface area contributed by atoms with Gasteiger partial charge in [-0.05, 0) is 13.3 Å². The molecule has 2 N–H and O–H groups in total. The van der Waals surface area contributed by atoms with Gasteiger partial charge in [-0.1, -0.05) is 6.92 Å². The normalized spacial score (nSPS) is 12.1. The van der Waals surface area contributed by atoms with Crippen molar-refractivity contribution in [2.45, 2.75) is 26.3 Å². The third-order valence-electron chi connectivity index (χ3n) is 1.90. The maximum Gasteiger partial charge on any atom is 0.325 e. The van der Waals surface area contributed by atoms with E-state index in [4.69, 9.17) is 5.11 Å². The standard InChI is InChI=1S/C9H12N2O3S/c1-3-6-7(15-4-10-6)8(12)11-5(2)9(13)14/h4-5H,3H2,1-2H3,(H,11,12)(H,13,14). The van der Waals surface area contributed by atoms with Crippen LogP contribution in [-0.4, -0.2) is 28.0 Å². The van der Waals surface area contributed by atoms with Crippen molar-refractivity contribution < 1.29 is 14.7 Å². The van der Waals surface area contributed by atoms with Crippen molar-refractivity contribution in [2.24, 2.45) is 0 Å². The molecule has 1 aromatic heterocycles. The number of nitrogens with zero attached hydrogens (tertiary/aromatic N) is 1. The molecule has 1 rings (SSSR count). The van der Waals surface area contributed by atoms with Gasteiger partial charge in [0.2, 0.25) is 0 Å². The number of hydrogen-bond donors (Lipinski definition) is 2. The minimum Gasteiger partial charge on any atom is -0.480 e. The molecule has 1 amide bonds. The SMILES string of the molecule is CCc1ncsc1C(=O)NC(C)C(=O)O. The number of rotatable bonds is 4. The van der Waals surface area contributed by atoms with E-state index in [1.165, 1.54) is 18.3 Å². The third kappa shape index (κ3) is 2.76. The van der Waals surface area contributed by atoms with Gasteiger partial charge in [-0.3, -0.25) is 9.59 Å². The predicted molar refractivity (Wildman–Crippen MR) is 56.1 cm³/mol. The number of amides is 1. The van der Waals surface area contributed by atoms with E-state index in [1.54, 1.807) is 5.51 Å². The molecule has 0 aliphatic rings. The fraction of sp³-hybridized carbons (Fsp3) is 0.444. The Hall–Kier alpha value is -1.43. The summed E-state index contributed by atoms with van der Waals surface area (Å²) in [6, 6.07) is -0.885. The zero-order chi connectivity index (χ0) is 11.4. The number of nitrogens with one attached hydrogen (secondary N) is 1. The van der Waals surface area contributed by atoms with Crippen molar-refractivity contribution in [1.82, 2.24) is 10.3 Å². The minimum atomic E-state index is -1.05. The summed E-state index contributed by atoms with van der Waals surface area (Å²) < 4.78 is 0. The van der Waals surface area contributed by atoms with Crippen LogP contribution in [-0.2, 0) is 11.2 Å². The maximum atomic E-state index is 11.6. The van der Waals surface area contributed by atoms with E-state index in [0.29, 0.717) is 17.0 Å². The molecule has 82 valence electrons. The molecular formula is C9H12N2O3S. The van der Waals surface area contributed by atoms with Gasteiger partial charge in [-0.2, -0.15) is 0 Å². The molecule has 1 aromatic rings. The summed E-state index contributed by atoms with van der Waals surface area (Å²) in [6.07, 6.45) is 0.660. The summed E-state index contributed by atoms with van der Waals surface area (Å²) in [7, 11) is 0. The fourth-order valence-electron chi connectivity index (χ4n) is 1.03. The molecule has 0 spiro atoms. The van der Waals surface area contributed by atoms with E-state index in [0.717, 1.165) is 0 Å². The number of aryl methyl sites for hydroxylation is 1. The fourth-order valence-corrected chi connectivity index (χ4v) is 1.81.